The molecule has 0 aromatic heterocycles. The van der Waals surface area contributed by atoms with Crippen molar-refractivity contribution < 1.29 is 9.53 Å². The second kappa shape index (κ2) is 8.48. The molecule has 0 aliphatic carbocycles. The van der Waals surface area contributed by atoms with Crippen LogP contribution in [0.3, 0.4) is 0 Å². The summed E-state index contributed by atoms with van der Waals surface area (Å²) in [6.45, 7) is 8.86. The molecule has 2 unspecified atom stereocenters. The lowest BCUT2D eigenvalue weighted by molar-refractivity contribution is -0.141. The van der Waals surface area contributed by atoms with Crippen molar-refractivity contribution in [1.29, 1.82) is 0 Å². The summed E-state index contributed by atoms with van der Waals surface area (Å²) in [7, 11) is 1.47. The fourth-order valence-corrected chi connectivity index (χ4v) is 2.69. The topological polar surface area (TPSA) is 41.6 Å². The van der Waals surface area contributed by atoms with Crippen LogP contribution in [0, 0.1) is 5.92 Å². The molecule has 1 aliphatic rings. The van der Waals surface area contributed by atoms with Gasteiger partial charge >= 0.3 is 5.97 Å². The van der Waals surface area contributed by atoms with Crippen molar-refractivity contribution in [3.63, 3.8) is 0 Å². The predicted octanol–water partition coefficient (Wildman–Crippen LogP) is 1.65. The van der Waals surface area contributed by atoms with Crippen LogP contribution in [-0.2, 0) is 9.53 Å². The van der Waals surface area contributed by atoms with Gasteiger partial charge in [-0.15, -0.1) is 0 Å². The van der Waals surface area contributed by atoms with E-state index < -0.39 is 0 Å². The summed E-state index contributed by atoms with van der Waals surface area (Å²) >= 11 is 0. The lowest BCUT2D eigenvalue weighted by Gasteiger charge is -2.37. The van der Waals surface area contributed by atoms with E-state index in [-0.39, 0.29) is 5.97 Å². The third-order valence-corrected chi connectivity index (χ3v) is 3.73. The fraction of sp³-hybridized carbons (Fsp3) is 0.929. The molecule has 1 saturated heterocycles. The molecule has 0 radical (unpaired) electrons. The van der Waals surface area contributed by atoms with Crippen molar-refractivity contribution in [1.82, 2.24) is 10.2 Å². The van der Waals surface area contributed by atoms with E-state index in [2.05, 4.69) is 24.1 Å². The molecule has 1 fully saturated rings. The summed E-state index contributed by atoms with van der Waals surface area (Å²) in [5.41, 5.74) is 0. The molecule has 1 heterocycles. The van der Waals surface area contributed by atoms with E-state index >= 15 is 0 Å². The Kier molecular flexibility index (Phi) is 7.28. The molecule has 2 atom stereocenters. The Labute approximate surface area is 111 Å². The monoisotopic (exact) mass is 256 g/mol. The van der Waals surface area contributed by atoms with Crippen LogP contribution < -0.4 is 5.32 Å². The van der Waals surface area contributed by atoms with Gasteiger partial charge in [0.25, 0.3) is 0 Å². The van der Waals surface area contributed by atoms with Crippen LogP contribution in [-0.4, -0.2) is 50.2 Å². The smallest absolute Gasteiger partial charge is 0.305 e. The van der Waals surface area contributed by atoms with Gasteiger partial charge in [0.2, 0.25) is 0 Å². The maximum atomic E-state index is 11.2. The van der Waals surface area contributed by atoms with E-state index in [4.69, 9.17) is 4.74 Å². The average molecular weight is 256 g/mol. The Morgan fingerprint density at radius 2 is 2.17 bits per heavy atom. The maximum Gasteiger partial charge on any atom is 0.305 e. The zero-order valence-corrected chi connectivity index (χ0v) is 12.1. The second-order valence-electron chi connectivity index (χ2n) is 5.22. The van der Waals surface area contributed by atoms with E-state index in [9.17, 15) is 4.79 Å². The van der Waals surface area contributed by atoms with Gasteiger partial charge in [0.05, 0.1) is 7.11 Å². The third-order valence-electron chi connectivity index (χ3n) is 3.73. The highest BCUT2D eigenvalue weighted by Crippen LogP contribution is 2.21. The van der Waals surface area contributed by atoms with Crippen LogP contribution in [0.5, 0.6) is 0 Å². The summed E-state index contributed by atoms with van der Waals surface area (Å²) in [5.74, 6) is 0.536. The number of methoxy groups -OCH3 is 1. The highest BCUT2D eigenvalue weighted by atomic mass is 16.5. The number of nitrogens with one attached hydrogen (secondary N) is 1. The average Bonchev–Trinajstić information content (AvgIpc) is 2.42. The normalized spacial score (nSPS) is 25.1. The summed E-state index contributed by atoms with van der Waals surface area (Å²) < 4.78 is 4.72. The molecule has 0 bridgehead atoms. The van der Waals surface area contributed by atoms with Crippen molar-refractivity contribution in [3.05, 3.63) is 0 Å². The van der Waals surface area contributed by atoms with Crippen LogP contribution >= 0.6 is 0 Å². The quantitative estimate of drug-likeness (QED) is 0.703. The maximum absolute atomic E-state index is 11.2. The van der Waals surface area contributed by atoms with E-state index in [1.54, 1.807) is 0 Å². The molecule has 18 heavy (non-hydrogen) atoms. The number of piperidine rings is 1. The minimum absolute atomic E-state index is 0.0818. The molecule has 106 valence electrons. The number of likely N-dealkylation sites (N-methyl/N-ethyl adjacent to an activating group) is 1. The van der Waals surface area contributed by atoms with Crippen LogP contribution in [0.4, 0.5) is 0 Å². The summed E-state index contributed by atoms with van der Waals surface area (Å²) in [4.78, 5) is 13.7. The van der Waals surface area contributed by atoms with Gasteiger partial charge in [-0.2, -0.15) is 0 Å². The third kappa shape index (κ3) is 5.36. The van der Waals surface area contributed by atoms with Crippen molar-refractivity contribution in [2.45, 2.75) is 45.6 Å². The van der Waals surface area contributed by atoms with Gasteiger partial charge in [-0.05, 0) is 38.3 Å². The summed E-state index contributed by atoms with van der Waals surface area (Å²) in [5, 5.41) is 3.61. The van der Waals surface area contributed by atoms with Gasteiger partial charge in [-0.3, -0.25) is 4.79 Å². The summed E-state index contributed by atoms with van der Waals surface area (Å²) in [6.07, 6.45) is 3.87. The van der Waals surface area contributed by atoms with E-state index in [0.29, 0.717) is 18.4 Å². The first-order valence-electron chi connectivity index (χ1n) is 7.22. The standard InChI is InChI=1S/C14H28N2O2/c1-4-8-15-13-9-12(6-7-14(17)18-3)10-16(5-2)11-13/h12-13,15H,4-11H2,1-3H3. The number of nitrogens with zero attached hydrogens (tertiary/aromatic N) is 1. The molecule has 4 nitrogen and oxygen atoms in total. The molecular formula is C14H28N2O2. The second-order valence-corrected chi connectivity index (χ2v) is 5.22. The Morgan fingerprint density at radius 3 is 2.78 bits per heavy atom. The molecule has 0 amide bonds. The molecule has 4 heteroatoms. The molecule has 0 aromatic carbocycles. The van der Waals surface area contributed by atoms with Gasteiger partial charge in [0.15, 0.2) is 0 Å². The number of hydrogen-bond acceptors (Lipinski definition) is 4. The molecule has 0 spiro atoms. The lowest BCUT2D eigenvalue weighted by Crippen LogP contribution is -2.49. The number of esters is 1. The van der Waals surface area contributed by atoms with E-state index in [0.717, 1.165) is 32.6 Å². The molecule has 1 rings (SSSR count). The zero-order chi connectivity index (χ0) is 13.4. The number of ether oxygens (including phenoxy) is 1. The van der Waals surface area contributed by atoms with Crippen molar-refractivity contribution >= 4 is 5.97 Å². The van der Waals surface area contributed by atoms with Gasteiger partial charge in [-0.1, -0.05) is 13.8 Å². The number of carbonyl (C=O) groups excluding carboxylic acids is 1. The number of likely N-dealkylation sites (tertiary alicyclic amines) is 1. The molecule has 0 aromatic rings. The van der Waals surface area contributed by atoms with Gasteiger partial charge in [0, 0.05) is 25.6 Å². The van der Waals surface area contributed by atoms with Crippen LogP contribution in [0.2, 0.25) is 0 Å². The number of hydrogen-bond donors (Lipinski definition) is 1. The number of carbonyl (C=O) groups is 1. The summed E-state index contributed by atoms with van der Waals surface area (Å²) in [6, 6.07) is 0.585. The first-order valence-corrected chi connectivity index (χ1v) is 7.22. The largest absolute Gasteiger partial charge is 0.469 e. The minimum Gasteiger partial charge on any atom is -0.469 e. The van der Waals surface area contributed by atoms with Gasteiger partial charge < -0.3 is 15.0 Å². The van der Waals surface area contributed by atoms with E-state index in [1.807, 2.05) is 0 Å². The Balaban J connectivity index is 2.38. The van der Waals surface area contributed by atoms with Crippen LogP contribution in [0.1, 0.15) is 39.5 Å². The van der Waals surface area contributed by atoms with E-state index in [1.165, 1.54) is 20.0 Å². The van der Waals surface area contributed by atoms with Crippen molar-refractivity contribution in [2.75, 3.05) is 33.3 Å². The number of rotatable bonds is 7. The SMILES string of the molecule is CCCNC1CC(CCC(=O)OC)CN(CC)C1. The lowest BCUT2D eigenvalue weighted by atomic mass is 9.90. The molecule has 0 saturated carbocycles. The highest BCUT2D eigenvalue weighted by molar-refractivity contribution is 5.69. The first kappa shape index (κ1) is 15.4. The zero-order valence-electron chi connectivity index (χ0n) is 12.1. The van der Waals surface area contributed by atoms with Crippen LogP contribution in [0.25, 0.3) is 0 Å². The molecule has 1 aliphatic heterocycles. The van der Waals surface area contributed by atoms with Gasteiger partial charge in [0.1, 0.15) is 0 Å². The highest BCUT2D eigenvalue weighted by Gasteiger charge is 2.26. The predicted molar refractivity (Wildman–Crippen MR) is 73.6 cm³/mol. The minimum atomic E-state index is -0.0818. The van der Waals surface area contributed by atoms with Crippen molar-refractivity contribution in [3.8, 4) is 0 Å². The van der Waals surface area contributed by atoms with Crippen LogP contribution in [0.15, 0.2) is 0 Å². The van der Waals surface area contributed by atoms with Gasteiger partial charge in [-0.25, -0.2) is 0 Å². The Morgan fingerprint density at radius 1 is 1.39 bits per heavy atom. The molecule has 1 N–H and O–H groups in total. The van der Waals surface area contributed by atoms with Crippen molar-refractivity contribution in [2.24, 2.45) is 5.92 Å². The molecular weight excluding hydrogens is 228 g/mol. The fourth-order valence-electron chi connectivity index (χ4n) is 2.69. The Bertz CT molecular complexity index is 246. The first-order chi connectivity index (χ1) is 8.69. The Hall–Kier alpha value is -0.610.